The smallest absolute Gasteiger partial charge is 0.405 e. The molecule has 0 aliphatic heterocycles. The Balaban J connectivity index is 1.56. The van der Waals surface area contributed by atoms with Crippen molar-refractivity contribution in [1.82, 2.24) is 20.6 Å². The lowest BCUT2D eigenvalue weighted by Gasteiger charge is -2.33. The maximum Gasteiger partial charge on any atom is 0.405 e. The van der Waals surface area contributed by atoms with Gasteiger partial charge in [-0.15, -0.1) is 6.58 Å². The van der Waals surface area contributed by atoms with Crippen molar-refractivity contribution in [3.8, 4) is 0 Å². The predicted octanol–water partition coefficient (Wildman–Crippen LogP) is 4.96. The lowest BCUT2D eigenvalue weighted by atomic mass is 9.81. The molecular formula is C36H49N5O5. The number of benzene rings is 2. The second kappa shape index (κ2) is 16.9. The van der Waals surface area contributed by atoms with Crippen molar-refractivity contribution in [2.24, 2.45) is 23.5 Å². The van der Waals surface area contributed by atoms with E-state index in [-0.39, 0.29) is 24.7 Å². The number of carbonyl (C=O) groups excluding carboxylic acids is 3. The summed E-state index contributed by atoms with van der Waals surface area (Å²) in [5.74, 6) is -0.325. The number of aliphatic hydroxyl groups excluding tert-OH is 1. The molecule has 0 radical (unpaired) electrons. The number of H-pyrrole nitrogens is 1. The lowest BCUT2D eigenvalue weighted by molar-refractivity contribution is -0.134. The van der Waals surface area contributed by atoms with E-state index in [1.165, 1.54) is 12.7 Å². The van der Waals surface area contributed by atoms with Gasteiger partial charge in [-0.25, -0.2) is 9.78 Å². The van der Waals surface area contributed by atoms with E-state index >= 15 is 0 Å². The molecular weight excluding hydrogens is 582 g/mol. The number of aromatic amines is 1. The van der Waals surface area contributed by atoms with Gasteiger partial charge < -0.3 is 31.2 Å². The number of ether oxygens (including phenoxy) is 1. The van der Waals surface area contributed by atoms with Crippen LogP contribution in [0, 0.1) is 17.8 Å². The number of fused-ring (bicyclic) bond motifs is 1. The molecule has 0 unspecified atom stereocenters. The van der Waals surface area contributed by atoms with Crippen LogP contribution in [0.5, 0.6) is 0 Å². The van der Waals surface area contributed by atoms with Crippen molar-refractivity contribution in [2.75, 3.05) is 0 Å². The molecule has 1 saturated carbocycles. The van der Waals surface area contributed by atoms with Crippen LogP contribution in [0.15, 0.2) is 67.6 Å². The Morgan fingerprint density at radius 2 is 1.80 bits per heavy atom. The van der Waals surface area contributed by atoms with Crippen LogP contribution >= 0.6 is 0 Å². The minimum atomic E-state index is -1.27. The molecule has 0 bridgehead atoms. The zero-order chi connectivity index (χ0) is 33.1. The largest absolute Gasteiger partial charge is 0.436 e. The molecule has 46 heavy (non-hydrogen) atoms. The summed E-state index contributed by atoms with van der Waals surface area (Å²) in [6.45, 7) is 8.14. The van der Waals surface area contributed by atoms with Gasteiger partial charge >= 0.3 is 6.09 Å². The molecule has 4 rings (SSSR count). The molecule has 1 aromatic heterocycles. The summed E-state index contributed by atoms with van der Waals surface area (Å²) in [7, 11) is 0. The normalized spacial score (nSPS) is 17.0. The number of hydrogen-bond acceptors (Lipinski definition) is 6. The quantitative estimate of drug-likeness (QED) is 0.141. The minimum absolute atomic E-state index is 0.0652. The molecule has 10 heteroatoms. The number of rotatable bonds is 16. The fourth-order valence-corrected chi connectivity index (χ4v) is 6.55. The number of primary amides is 1. The summed E-state index contributed by atoms with van der Waals surface area (Å²) in [4.78, 5) is 46.7. The molecule has 1 aliphatic carbocycles. The first-order valence-corrected chi connectivity index (χ1v) is 16.5. The molecule has 1 fully saturated rings. The lowest BCUT2D eigenvalue weighted by Crippen LogP contribution is -2.56. The third-order valence-electron chi connectivity index (χ3n) is 9.22. The van der Waals surface area contributed by atoms with Gasteiger partial charge in [0.1, 0.15) is 6.04 Å². The standard InChI is InChI=1S/C36H49N5O5/c1-4-25(23(2)3)18-32(42)30(17-24-11-6-5-7-12-24)40-34(43)31(20-28-21-38-22-39-28)41-35(44)33(46-36(37)45)19-27-15-10-14-26-13-8-9-16-29(26)27/h4,8-10,13-16,21-25,30-33,42H,1,5-7,11-12,17-20H2,2-3H3,(H2,37,45)(H,38,39)(H,40,43)(H,41,44)/t25-,30-,31-,32-,33-/m0/s1. The average molecular weight is 632 g/mol. The SMILES string of the molecule is C=C[C@@H](C[C@H](O)[C@H](CC1CCCCC1)NC(=O)[C@H](Cc1cnc[nH]1)NC(=O)[C@H](Cc1cccc2ccccc12)OC(N)=O)C(C)C. The van der Waals surface area contributed by atoms with E-state index in [2.05, 4.69) is 41.0 Å². The molecule has 3 amide bonds. The highest BCUT2D eigenvalue weighted by Gasteiger charge is 2.33. The first-order chi connectivity index (χ1) is 22.1. The highest BCUT2D eigenvalue weighted by molar-refractivity contribution is 5.91. The summed E-state index contributed by atoms with van der Waals surface area (Å²) < 4.78 is 5.30. The number of allylic oxidation sites excluding steroid dienone is 1. The summed E-state index contributed by atoms with van der Waals surface area (Å²) in [5.41, 5.74) is 6.82. The number of aliphatic hydroxyl groups is 1. The van der Waals surface area contributed by atoms with Gasteiger partial charge in [-0.3, -0.25) is 9.59 Å². The first-order valence-electron chi connectivity index (χ1n) is 16.5. The molecule has 248 valence electrons. The van der Waals surface area contributed by atoms with Gasteiger partial charge in [-0.05, 0) is 46.9 Å². The second-order valence-corrected chi connectivity index (χ2v) is 12.9. The maximum atomic E-state index is 14.0. The van der Waals surface area contributed by atoms with Crippen LogP contribution in [-0.4, -0.2) is 57.3 Å². The number of nitrogens with two attached hydrogens (primary N) is 1. The Bertz CT molecular complexity index is 1430. The molecule has 5 atom stereocenters. The van der Waals surface area contributed by atoms with Gasteiger partial charge in [0.2, 0.25) is 5.91 Å². The predicted molar refractivity (Wildman–Crippen MR) is 179 cm³/mol. The van der Waals surface area contributed by atoms with Crippen molar-refractivity contribution in [2.45, 2.75) is 95.9 Å². The zero-order valence-corrected chi connectivity index (χ0v) is 27.0. The monoisotopic (exact) mass is 631 g/mol. The van der Waals surface area contributed by atoms with Crippen LogP contribution in [0.1, 0.15) is 70.1 Å². The number of hydrogen-bond donors (Lipinski definition) is 5. The number of imidazole rings is 1. The minimum Gasteiger partial charge on any atom is -0.436 e. The van der Waals surface area contributed by atoms with Crippen LogP contribution in [0.3, 0.4) is 0 Å². The van der Waals surface area contributed by atoms with E-state index in [0.717, 1.165) is 42.0 Å². The molecule has 10 nitrogen and oxygen atoms in total. The first kappa shape index (κ1) is 34.7. The highest BCUT2D eigenvalue weighted by Crippen LogP contribution is 2.30. The van der Waals surface area contributed by atoms with E-state index in [4.69, 9.17) is 10.5 Å². The topological polar surface area (TPSA) is 159 Å². The van der Waals surface area contributed by atoms with E-state index in [9.17, 15) is 19.5 Å². The van der Waals surface area contributed by atoms with Gasteiger partial charge in [0, 0.05) is 24.7 Å². The van der Waals surface area contributed by atoms with Gasteiger partial charge in [0.25, 0.3) is 5.91 Å². The molecule has 0 spiro atoms. The molecule has 6 N–H and O–H groups in total. The Morgan fingerprint density at radius 1 is 1.07 bits per heavy atom. The van der Waals surface area contributed by atoms with Crippen molar-refractivity contribution >= 4 is 28.7 Å². The molecule has 1 heterocycles. The zero-order valence-electron chi connectivity index (χ0n) is 27.0. The average Bonchev–Trinajstić information content (AvgIpc) is 3.56. The van der Waals surface area contributed by atoms with Crippen molar-refractivity contribution in [3.05, 3.63) is 78.9 Å². The summed E-state index contributed by atoms with van der Waals surface area (Å²) in [6, 6.07) is 11.9. The third kappa shape index (κ3) is 9.91. The summed E-state index contributed by atoms with van der Waals surface area (Å²) in [5, 5.41) is 19.3. The van der Waals surface area contributed by atoms with Crippen LogP contribution in [0.4, 0.5) is 4.79 Å². The fraction of sp³-hybridized carbons (Fsp3) is 0.500. The Kier molecular flexibility index (Phi) is 12.8. The van der Waals surface area contributed by atoms with Crippen LogP contribution < -0.4 is 16.4 Å². The Morgan fingerprint density at radius 3 is 2.48 bits per heavy atom. The number of nitrogens with one attached hydrogen (secondary N) is 3. The van der Waals surface area contributed by atoms with Crippen molar-refractivity contribution in [3.63, 3.8) is 0 Å². The third-order valence-corrected chi connectivity index (χ3v) is 9.22. The Hall–Kier alpha value is -4.18. The van der Waals surface area contributed by atoms with Crippen molar-refractivity contribution < 1.29 is 24.2 Å². The van der Waals surface area contributed by atoms with Gasteiger partial charge in [-0.2, -0.15) is 0 Å². The number of carbonyl (C=O) groups is 3. The molecule has 3 aromatic rings. The van der Waals surface area contributed by atoms with Gasteiger partial charge in [-0.1, -0.05) is 94.5 Å². The Labute approximate surface area is 271 Å². The molecule has 2 aromatic carbocycles. The van der Waals surface area contributed by atoms with E-state index in [1.807, 2.05) is 48.5 Å². The van der Waals surface area contributed by atoms with Gasteiger partial charge in [0.05, 0.1) is 18.5 Å². The summed E-state index contributed by atoms with van der Waals surface area (Å²) in [6.07, 6.45) is 8.69. The molecule has 0 saturated heterocycles. The van der Waals surface area contributed by atoms with E-state index in [0.29, 0.717) is 24.5 Å². The van der Waals surface area contributed by atoms with Crippen LogP contribution in [-0.2, 0) is 27.2 Å². The van der Waals surface area contributed by atoms with E-state index < -0.39 is 42.2 Å². The maximum absolute atomic E-state index is 14.0. The highest BCUT2D eigenvalue weighted by atomic mass is 16.6. The van der Waals surface area contributed by atoms with Crippen molar-refractivity contribution in [1.29, 1.82) is 0 Å². The van der Waals surface area contributed by atoms with Crippen LogP contribution in [0.25, 0.3) is 10.8 Å². The number of amides is 3. The van der Waals surface area contributed by atoms with Gasteiger partial charge in [0.15, 0.2) is 6.10 Å². The number of aromatic nitrogens is 2. The van der Waals surface area contributed by atoms with E-state index in [1.54, 1.807) is 6.20 Å². The summed E-state index contributed by atoms with van der Waals surface area (Å²) >= 11 is 0. The van der Waals surface area contributed by atoms with Crippen LogP contribution in [0.2, 0.25) is 0 Å². The molecule has 1 aliphatic rings. The second-order valence-electron chi connectivity index (χ2n) is 12.9. The number of nitrogens with zero attached hydrogens (tertiary/aromatic N) is 1. The fourth-order valence-electron chi connectivity index (χ4n) is 6.55.